The molecule has 0 aromatic carbocycles. The molecule has 0 spiro atoms. The Morgan fingerprint density at radius 3 is 2.89 bits per heavy atom. The van der Waals surface area contributed by atoms with Crippen LogP contribution in [0.2, 0.25) is 0 Å². The molecule has 0 radical (unpaired) electrons. The maximum atomic E-state index is 11.1. The van der Waals surface area contributed by atoms with Crippen LogP contribution in [0.3, 0.4) is 0 Å². The first-order valence-corrected chi connectivity index (χ1v) is 6.73. The number of carbonyl (C=O) groups is 1. The number of aliphatic carboxylic acids is 1. The number of nitrogens with one attached hydrogen (secondary N) is 1. The number of carboxylic acids is 1. The Kier molecular flexibility index (Phi) is 3.07. The van der Waals surface area contributed by atoms with Crippen LogP contribution in [-0.2, 0) is 17.8 Å². The molecule has 5 heteroatoms. The predicted octanol–water partition coefficient (Wildman–Crippen LogP) is 0.997. The predicted molar refractivity (Wildman–Crippen MR) is 66.5 cm³/mol. The third kappa shape index (κ3) is 2.03. The van der Waals surface area contributed by atoms with E-state index in [4.69, 9.17) is 5.11 Å². The first kappa shape index (κ1) is 11.7. The lowest BCUT2D eigenvalue weighted by Gasteiger charge is -2.27. The van der Waals surface area contributed by atoms with Gasteiger partial charge in [-0.05, 0) is 38.8 Å². The van der Waals surface area contributed by atoms with E-state index >= 15 is 0 Å². The fourth-order valence-electron chi connectivity index (χ4n) is 3.08. The standard InChI is InChI=1S/C13H19N3O2/c17-13(18)10-1-2-11-7-15-12(16(11)8-10)9-3-5-14-6-4-9/h7,9-10,14H,1-6,8H2,(H,17,18). The third-order valence-corrected chi connectivity index (χ3v) is 4.17. The molecule has 0 aliphatic carbocycles. The quantitative estimate of drug-likeness (QED) is 0.820. The number of fused-ring (bicyclic) bond motifs is 1. The second kappa shape index (κ2) is 4.72. The Balaban J connectivity index is 1.84. The van der Waals surface area contributed by atoms with Crippen molar-refractivity contribution in [3.8, 4) is 0 Å². The third-order valence-electron chi connectivity index (χ3n) is 4.17. The lowest BCUT2D eigenvalue weighted by Crippen LogP contribution is -2.31. The molecule has 2 N–H and O–H groups in total. The number of piperidine rings is 1. The van der Waals surface area contributed by atoms with Crippen molar-refractivity contribution < 1.29 is 9.90 Å². The van der Waals surface area contributed by atoms with Gasteiger partial charge in [-0.3, -0.25) is 4.79 Å². The van der Waals surface area contributed by atoms with Gasteiger partial charge in [0.25, 0.3) is 0 Å². The molecule has 1 aromatic rings. The van der Waals surface area contributed by atoms with E-state index in [1.54, 1.807) is 0 Å². The summed E-state index contributed by atoms with van der Waals surface area (Å²) >= 11 is 0. The molecule has 5 nitrogen and oxygen atoms in total. The van der Waals surface area contributed by atoms with E-state index in [0.717, 1.165) is 44.6 Å². The van der Waals surface area contributed by atoms with Crippen LogP contribution in [-0.4, -0.2) is 33.7 Å². The Morgan fingerprint density at radius 1 is 1.39 bits per heavy atom. The van der Waals surface area contributed by atoms with Crippen LogP contribution in [0.15, 0.2) is 6.20 Å². The SMILES string of the molecule is O=C(O)C1CCc2cnc(C3CCNCC3)n2C1. The number of rotatable bonds is 2. The van der Waals surface area contributed by atoms with Crippen LogP contribution in [0.4, 0.5) is 0 Å². The number of nitrogens with zero attached hydrogens (tertiary/aromatic N) is 2. The smallest absolute Gasteiger partial charge is 0.308 e. The average Bonchev–Trinajstić information content (AvgIpc) is 2.82. The van der Waals surface area contributed by atoms with Gasteiger partial charge in [0.2, 0.25) is 0 Å². The molecule has 1 unspecified atom stereocenters. The molecule has 1 saturated heterocycles. The van der Waals surface area contributed by atoms with Crippen LogP contribution in [0.25, 0.3) is 0 Å². The topological polar surface area (TPSA) is 67.2 Å². The van der Waals surface area contributed by atoms with Gasteiger partial charge in [-0.25, -0.2) is 4.98 Å². The van der Waals surface area contributed by atoms with E-state index < -0.39 is 5.97 Å². The second-order valence-corrected chi connectivity index (χ2v) is 5.32. The van der Waals surface area contributed by atoms with Crippen molar-refractivity contribution in [2.75, 3.05) is 13.1 Å². The fraction of sp³-hybridized carbons (Fsp3) is 0.692. The first-order chi connectivity index (χ1) is 8.75. The Labute approximate surface area is 106 Å². The second-order valence-electron chi connectivity index (χ2n) is 5.32. The summed E-state index contributed by atoms with van der Waals surface area (Å²) in [6, 6.07) is 0. The molecule has 1 aromatic heterocycles. The largest absolute Gasteiger partial charge is 0.481 e. The molecular weight excluding hydrogens is 230 g/mol. The van der Waals surface area contributed by atoms with Crippen LogP contribution in [0.1, 0.15) is 36.7 Å². The molecule has 0 bridgehead atoms. The lowest BCUT2D eigenvalue weighted by atomic mass is 9.95. The Hall–Kier alpha value is -1.36. The summed E-state index contributed by atoms with van der Waals surface area (Å²) in [4.78, 5) is 15.7. The van der Waals surface area contributed by atoms with E-state index in [9.17, 15) is 4.79 Å². The summed E-state index contributed by atoms with van der Waals surface area (Å²) < 4.78 is 2.16. The highest BCUT2D eigenvalue weighted by molar-refractivity contribution is 5.70. The number of aromatic nitrogens is 2. The molecule has 18 heavy (non-hydrogen) atoms. The van der Waals surface area contributed by atoms with Gasteiger partial charge in [-0.2, -0.15) is 0 Å². The van der Waals surface area contributed by atoms with Crippen molar-refractivity contribution >= 4 is 5.97 Å². The molecule has 2 aliphatic rings. The van der Waals surface area contributed by atoms with Crippen molar-refractivity contribution in [2.45, 2.75) is 38.1 Å². The highest BCUT2D eigenvalue weighted by atomic mass is 16.4. The summed E-state index contributed by atoms with van der Waals surface area (Å²) in [7, 11) is 0. The lowest BCUT2D eigenvalue weighted by molar-refractivity contribution is -0.142. The van der Waals surface area contributed by atoms with Gasteiger partial charge < -0.3 is 15.0 Å². The molecule has 3 heterocycles. The Bertz CT molecular complexity index is 449. The van der Waals surface area contributed by atoms with Crippen molar-refractivity contribution in [3.63, 3.8) is 0 Å². The first-order valence-electron chi connectivity index (χ1n) is 6.73. The van der Waals surface area contributed by atoms with E-state index in [-0.39, 0.29) is 5.92 Å². The Morgan fingerprint density at radius 2 is 2.17 bits per heavy atom. The maximum absolute atomic E-state index is 11.1. The maximum Gasteiger partial charge on any atom is 0.308 e. The van der Waals surface area contributed by atoms with Gasteiger partial charge in [0.05, 0.1) is 5.92 Å². The zero-order valence-electron chi connectivity index (χ0n) is 10.4. The molecule has 98 valence electrons. The summed E-state index contributed by atoms with van der Waals surface area (Å²) in [5.74, 6) is 0.683. The van der Waals surface area contributed by atoms with Crippen molar-refractivity contribution in [3.05, 3.63) is 17.7 Å². The minimum atomic E-state index is -0.675. The molecule has 2 aliphatic heterocycles. The van der Waals surface area contributed by atoms with Crippen molar-refractivity contribution in [1.29, 1.82) is 0 Å². The number of carboxylic acid groups (broad SMARTS) is 1. The number of aryl methyl sites for hydroxylation is 1. The van der Waals surface area contributed by atoms with Crippen molar-refractivity contribution in [2.24, 2.45) is 5.92 Å². The highest BCUT2D eigenvalue weighted by Gasteiger charge is 2.29. The number of hydrogen-bond acceptors (Lipinski definition) is 3. The fourth-order valence-corrected chi connectivity index (χ4v) is 3.08. The minimum absolute atomic E-state index is 0.243. The van der Waals surface area contributed by atoms with E-state index in [2.05, 4.69) is 14.9 Å². The number of imidazole rings is 1. The minimum Gasteiger partial charge on any atom is -0.481 e. The average molecular weight is 249 g/mol. The van der Waals surface area contributed by atoms with Gasteiger partial charge in [0.15, 0.2) is 0 Å². The van der Waals surface area contributed by atoms with E-state index in [0.29, 0.717) is 12.5 Å². The summed E-state index contributed by atoms with van der Waals surface area (Å²) in [5.41, 5.74) is 1.21. The van der Waals surface area contributed by atoms with Crippen LogP contribution in [0.5, 0.6) is 0 Å². The van der Waals surface area contributed by atoms with Crippen LogP contribution >= 0.6 is 0 Å². The molecule has 0 amide bonds. The normalized spacial score (nSPS) is 24.8. The molecule has 3 rings (SSSR count). The van der Waals surface area contributed by atoms with E-state index in [1.165, 1.54) is 5.69 Å². The summed E-state index contributed by atoms with van der Waals surface area (Å²) in [5, 5.41) is 12.5. The highest BCUT2D eigenvalue weighted by Crippen LogP contribution is 2.29. The number of hydrogen-bond donors (Lipinski definition) is 2. The molecule has 1 atom stereocenters. The van der Waals surface area contributed by atoms with Crippen LogP contribution in [0, 0.1) is 5.92 Å². The monoisotopic (exact) mass is 249 g/mol. The van der Waals surface area contributed by atoms with Gasteiger partial charge in [0, 0.05) is 24.4 Å². The molecular formula is C13H19N3O2. The van der Waals surface area contributed by atoms with Gasteiger partial charge in [0.1, 0.15) is 5.82 Å². The zero-order chi connectivity index (χ0) is 12.5. The van der Waals surface area contributed by atoms with Crippen molar-refractivity contribution in [1.82, 2.24) is 14.9 Å². The summed E-state index contributed by atoms with van der Waals surface area (Å²) in [6.45, 7) is 2.67. The van der Waals surface area contributed by atoms with Gasteiger partial charge >= 0.3 is 5.97 Å². The van der Waals surface area contributed by atoms with E-state index in [1.807, 2.05) is 6.20 Å². The van der Waals surface area contributed by atoms with Crippen LogP contribution < -0.4 is 5.32 Å². The summed E-state index contributed by atoms with van der Waals surface area (Å²) in [6.07, 6.45) is 5.74. The van der Waals surface area contributed by atoms with Gasteiger partial charge in [-0.15, -0.1) is 0 Å². The zero-order valence-corrected chi connectivity index (χ0v) is 10.4. The molecule has 0 saturated carbocycles. The molecule has 1 fully saturated rings. The van der Waals surface area contributed by atoms with Gasteiger partial charge in [-0.1, -0.05) is 0 Å².